The summed E-state index contributed by atoms with van der Waals surface area (Å²) in [6, 6.07) is 6.80. The smallest absolute Gasteiger partial charge is 0.338 e. The number of amides is 1. The van der Waals surface area contributed by atoms with Crippen molar-refractivity contribution in [2.45, 2.75) is 20.8 Å². The third-order valence-electron chi connectivity index (χ3n) is 3.92. The fourth-order valence-corrected chi connectivity index (χ4v) is 3.09. The highest BCUT2D eigenvalue weighted by Crippen LogP contribution is 2.39. The van der Waals surface area contributed by atoms with E-state index in [2.05, 4.69) is 21.2 Å². The number of esters is 1. The molecule has 2 aromatic rings. The standard InChI is InChI=1S/C21H23BrN2O8/c1-4-29-17-9-13(10-18(30-5-2)20(17)31-6-3)21(26)32-12-19(25)23-16-8-7-14(24(27)28)11-15(16)22/h7-11H,4-6,12H2,1-3H3,(H,23,25). The minimum absolute atomic E-state index is 0.129. The number of ether oxygens (including phenoxy) is 4. The van der Waals surface area contributed by atoms with E-state index in [9.17, 15) is 19.7 Å². The quantitative estimate of drug-likeness (QED) is 0.268. The molecule has 0 saturated carbocycles. The number of non-ortho nitro benzene ring substituents is 1. The molecule has 172 valence electrons. The second-order valence-electron chi connectivity index (χ2n) is 6.15. The number of rotatable bonds is 11. The van der Waals surface area contributed by atoms with Gasteiger partial charge in [0.1, 0.15) is 0 Å². The molecule has 0 bridgehead atoms. The third-order valence-corrected chi connectivity index (χ3v) is 4.57. The van der Waals surface area contributed by atoms with Crippen LogP contribution in [-0.4, -0.2) is 43.2 Å². The van der Waals surface area contributed by atoms with Crippen molar-refractivity contribution in [2.75, 3.05) is 31.7 Å². The Morgan fingerprint density at radius 2 is 1.59 bits per heavy atom. The molecule has 11 heteroatoms. The number of nitrogens with zero attached hydrogens (tertiary/aromatic N) is 1. The highest BCUT2D eigenvalue weighted by atomic mass is 79.9. The van der Waals surface area contributed by atoms with Crippen molar-refractivity contribution in [1.29, 1.82) is 0 Å². The second kappa shape index (κ2) is 11.9. The molecular formula is C21H23BrN2O8. The molecule has 0 unspecified atom stereocenters. The SMILES string of the molecule is CCOc1cc(C(=O)OCC(=O)Nc2ccc([N+](=O)[O-])cc2Br)cc(OCC)c1OCC. The summed E-state index contributed by atoms with van der Waals surface area (Å²) >= 11 is 3.16. The highest BCUT2D eigenvalue weighted by molar-refractivity contribution is 9.10. The molecule has 2 aromatic carbocycles. The van der Waals surface area contributed by atoms with Crippen molar-refractivity contribution < 1.29 is 33.5 Å². The summed E-state index contributed by atoms with van der Waals surface area (Å²) in [5, 5.41) is 13.3. The molecule has 0 aromatic heterocycles. The van der Waals surface area contributed by atoms with Gasteiger partial charge >= 0.3 is 5.97 Å². The predicted molar refractivity (Wildman–Crippen MR) is 120 cm³/mol. The maximum absolute atomic E-state index is 12.5. The lowest BCUT2D eigenvalue weighted by molar-refractivity contribution is -0.384. The highest BCUT2D eigenvalue weighted by Gasteiger charge is 2.20. The van der Waals surface area contributed by atoms with E-state index in [1.54, 1.807) is 13.8 Å². The summed E-state index contributed by atoms with van der Waals surface area (Å²) in [4.78, 5) is 35.0. The van der Waals surface area contributed by atoms with Gasteiger partial charge in [0, 0.05) is 16.6 Å². The fourth-order valence-electron chi connectivity index (χ4n) is 2.63. The van der Waals surface area contributed by atoms with Gasteiger partial charge in [0.2, 0.25) is 5.75 Å². The first-order valence-corrected chi connectivity index (χ1v) is 10.6. The maximum atomic E-state index is 12.5. The van der Waals surface area contributed by atoms with Gasteiger partial charge in [0.25, 0.3) is 11.6 Å². The predicted octanol–water partition coefficient (Wildman–Crippen LogP) is 4.35. The molecule has 0 aliphatic carbocycles. The molecule has 0 aliphatic heterocycles. The molecule has 0 atom stereocenters. The van der Waals surface area contributed by atoms with E-state index in [0.29, 0.717) is 47.2 Å². The van der Waals surface area contributed by atoms with Crippen LogP contribution in [0.4, 0.5) is 11.4 Å². The second-order valence-corrected chi connectivity index (χ2v) is 7.00. The van der Waals surface area contributed by atoms with E-state index >= 15 is 0 Å². The lowest BCUT2D eigenvalue weighted by atomic mass is 10.2. The monoisotopic (exact) mass is 510 g/mol. The first-order valence-electron chi connectivity index (χ1n) is 9.77. The Labute approximate surface area is 193 Å². The Kier molecular flexibility index (Phi) is 9.26. The van der Waals surface area contributed by atoms with Gasteiger partial charge in [-0.25, -0.2) is 4.79 Å². The van der Waals surface area contributed by atoms with Crippen LogP contribution in [-0.2, 0) is 9.53 Å². The van der Waals surface area contributed by atoms with Crippen molar-refractivity contribution in [3.63, 3.8) is 0 Å². The zero-order valence-corrected chi connectivity index (χ0v) is 19.4. The van der Waals surface area contributed by atoms with E-state index in [-0.39, 0.29) is 11.3 Å². The van der Waals surface area contributed by atoms with E-state index in [0.717, 1.165) is 0 Å². The molecule has 10 nitrogen and oxygen atoms in total. The van der Waals surface area contributed by atoms with Crippen LogP contribution in [0.3, 0.4) is 0 Å². The van der Waals surface area contributed by atoms with Crippen LogP contribution in [0.5, 0.6) is 17.2 Å². The largest absolute Gasteiger partial charge is 0.490 e. The number of halogens is 1. The molecule has 32 heavy (non-hydrogen) atoms. The van der Waals surface area contributed by atoms with Crippen molar-refractivity contribution in [3.05, 3.63) is 50.5 Å². The van der Waals surface area contributed by atoms with Crippen molar-refractivity contribution in [1.82, 2.24) is 0 Å². The van der Waals surface area contributed by atoms with Crippen LogP contribution in [0, 0.1) is 10.1 Å². The van der Waals surface area contributed by atoms with Gasteiger partial charge in [-0.1, -0.05) is 0 Å². The number of anilines is 1. The lowest BCUT2D eigenvalue weighted by Gasteiger charge is -2.16. The van der Waals surface area contributed by atoms with Gasteiger partial charge in [0.15, 0.2) is 18.1 Å². The molecule has 0 saturated heterocycles. The number of carbonyl (C=O) groups excluding carboxylic acids is 2. The van der Waals surface area contributed by atoms with Crippen LogP contribution >= 0.6 is 15.9 Å². The summed E-state index contributed by atoms with van der Waals surface area (Å²) in [5.41, 5.74) is 0.298. The van der Waals surface area contributed by atoms with Crippen LogP contribution in [0.25, 0.3) is 0 Å². The van der Waals surface area contributed by atoms with Crippen LogP contribution in [0.15, 0.2) is 34.8 Å². The molecule has 1 amide bonds. The summed E-state index contributed by atoms with van der Waals surface area (Å²) in [6.07, 6.45) is 0. The molecule has 0 fully saturated rings. The average Bonchev–Trinajstić information content (AvgIpc) is 2.75. The average molecular weight is 511 g/mol. The Bertz CT molecular complexity index is 969. The number of nitro benzene ring substituents is 1. The molecule has 0 aliphatic rings. The number of hydrogen-bond acceptors (Lipinski definition) is 8. The molecule has 0 spiro atoms. The zero-order chi connectivity index (χ0) is 23.7. The van der Waals surface area contributed by atoms with Crippen LogP contribution in [0.1, 0.15) is 31.1 Å². The van der Waals surface area contributed by atoms with E-state index in [1.165, 1.54) is 30.3 Å². The third kappa shape index (κ3) is 6.58. The van der Waals surface area contributed by atoms with Gasteiger partial charge in [-0.15, -0.1) is 0 Å². The van der Waals surface area contributed by atoms with E-state index in [4.69, 9.17) is 18.9 Å². The molecule has 1 N–H and O–H groups in total. The minimum Gasteiger partial charge on any atom is -0.490 e. The van der Waals surface area contributed by atoms with E-state index in [1.807, 2.05) is 6.92 Å². The molecular weight excluding hydrogens is 488 g/mol. The Hall–Kier alpha value is -3.34. The summed E-state index contributed by atoms with van der Waals surface area (Å²) in [5.74, 6) is -0.340. The minimum atomic E-state index is -0.757. The lowest BCUT2D eigenvalue weighted by Crippen LogP contribution is -2.21. The number of hydrogen-bond donors (Lipinski definition) is 1. The van der Waals surface area contributed by atoms with Gasteiger partial charge in [0.05, 0.1) is 36.0 Å². The summed E-state index contributed by atoms with van der Waals surface area (Å²) < 4.78 is 22.2. The topological polar surface area (TPSA) is 126 Å². The van der Waals surface area contributed by atoms with Crippen LogP contribution < -0.4 is 19.5 Å². The van der Waals surface area contributed by atoms with Crippen molar-refractivity contribution >= 4 is 39.2 Å². The van der Waals surface area contributed by atoms with Gasteiger partial charge in [-0.2, -0.15) is 0 Å². The van der Waals surface area contributed by atoms with Gasteiger partial charge in [-0.3, -0.25) is 14.9 Å². The fraction of sp³-hybridized carbons (Fsp3) is 0.333. The Balaban J connectivity index is 2.11. The molecule has 0 radical (unpaired) electrons. The Morgan fingerprint density at radius 3 is 2.09 bits per heavy atom. The Morgan fingerprint density at radius 1 is 1.00 bits per heavy atom. The van der Waals surface area contributed by atoms with Crippen molar-refractivity contribution in [3.8, 4) is 17.2 Å². The van der Waals surface area contributed by atoms with E-state index < -0.39 is 23.4 Å². The first kappa shape index (κ1) is 24.9. The maximum Gasteiger partial charge on any atom is 0.338 e. The van der Waals surface area contributed by atoms with Gasteiger partial charge < -0.3 is 24.3 Å². The first-order chi connectivity index (χ1) is 15.3. The normalized spacial score (nSPS) is 10.2. The molecule has 0 heterocycles. The summed E-state index contributed by atoms with van der Waals surface area (Å²) in [7, 11) is 0. The van der Waals surface area contributed by atoms with Crippen LogP contribution in [0.2, 0.25) is 0 Å². The zero-order valence-electron chi connectivity index (χ0n) is 17.8. The number of nitro groups is 1. The van der Waals surface area contributed by atoms with Crippen molar-refractivity contribution in [2.24, 2.45) is 0 Å². The van der Waals surface area contributed by atoms with Gasteiger partial charge in [-0.05, 0) is 54.9 Å². The summed E-state index contributed by atoms with van der Waals surface area (Å²) in [6.45, 7) is 5.90. The number of carbonyl (C=O) groups is 2. The number of benzene rings is 2. The number of nitrogens with one attached hydrogen (secondary N) is 1. The molecule has 2 rings (SSSR count).